The lowest BCUT2D eigenvalue weighted by molar-refractivity contribution is -0.131. The number of hydrogen-bond acceptors (Lipinski definition) is 5. The van der Waals surface area contributed by atoms with E-state index in [1.807, 2.05) is 32.2 Å². The smallest absolute Gasteiger partial charge is 0.223 e. The predicted molar refractivity (Wildman–Crippen MR) is 107 cm³/mol. The van der Waals surface area contributed by atoms with Crippen molar-refractivity contribution in [3.05, 3.63) is 51.0 Å². The molecule has 0 aliphatic rings. The Morgan fingerprint density at radius 2 is 2.04 bits per heavy atom. The number of halogens is 1. The number of carbonyl (C=O) groups excluding carboxylic acids is 1. The predicted octanol–water partition coefficient (Wildman–Crippen LogP) is 4.68. The highest BCUT2D eigenvalue weighted by Gasteiger charge is 2.16. The summed E-state index contributed by atoms with van der Waals surface area (Å²) in [6.45, 7) is 8.79. The second-order valence-electron chi connectivity index (χ2n) is 5.63. The zero-order chi connectivity index (χ0) is 18.4. The molecular weight excluding hydrogens is 374 g/mol. The van der Waals surface area contributed by atoms with Crippen LogP contribution in [0.2, 0.25) is 4.34 Å². The molecule has 25 heavy (non-hydrogen) atoms. The van der Waals surface area contributed by atoms with E-state index in [2.05, 4.69) is 16.5 Å². The van der Waals surface area contributed by atoms with E-state index in [0.717, 1.165) is 31.3 Å². The first-order valence-electron chi connectivity index (χ1n) is 7.95. The Morgan fingerprint density at radius 3 is 2.56 bits per heavy atom. The lowest BCUT2D eigenvalue weighted by Gasteiger charge is -2.21. The van der Waals surface area contributed by atoms with Crippen LogP contribution < -0.4 is 0 Å². The summed E-state index contributed by atoms with van der Waals surface area (Å²) in [4.78, 5) is 24.5. The van der Waals surface area contributed by atoms with E-state index in [4.69, 9.17) is 11.6 Å². The fourth-order valence-corrected chi connectivity index (χ4v) is 4.15. The average molecular weight is 396 g/mol. The normalized spacial score (nSPS) is 10.7. The fraction of sp³-hybridized carbons (Fsp3) is 0.389. The molecule has 0 saturated carbocycles. The van der Waals surface area contributed by atoms with Gasteiger partial charge in [0.1, 0.15) is 0 Å². The maximum atomic E-state index is 12.7. The lowest BCUT2D eigenvalue weighted by Crippen LogP contribution is -2.30. The highest BCUT2D eigenvalue weighted by molar-refractivity contribution is 7.98. The van der Waals surface area contributed by atoms with E-state index < -0.39 is 0 Å². The van der Waals surface area contributed by atoms with Crippen molar-refractivity contribution in [1.29, 1.82) is 0 Å². The van der Waals surface area contributed by atoms with E-state index in [-0.39, 0.29) is 5.91 Å². The van der Waals surface area contributed by atoms with Crippen molar-refractivity contribution in [2.24, 2.45) is 0 Å². The van der Waals surface area contributed by atoms with Crippen LogP contribution in [0, 0.1) is 13.8 Å². The third kappa shape index (κ3) is 5.56. The Labute approximate surface area is 162 Å². The number of rotatable bonds is 8. The molecule has 0 spiro atoms. The number of thiophene rings is 1. The monoisotopic (exact) mass is 395 g/mol. The zero-order valence-corrected chi connectivity index (χ0v) is 17.1. The fourth-order valence-electron chi connectivity index (χ4n) is 2.59. The summed E-state index contributed by atoms with van der Waals surface area (Å²) in [5, 5.41) is 0.771. The van der Waals surface area contributed by atoms with E-state index in [1.54, 1.807) is 11.0 Å². The van der Waals surface area contributed by atoms with E-state index in [0.29, 0.717) is 25.9 Å². The van der Waals surface area contributed by atoms with Gasteiger partial charge in [-0.05, 0) is 44.2 Å². The van der Waals surface area contributed by atoms with Crippen molar-refractivity contribution in [3.63, 3.8) is 0 Å². The van der Waals surface area contributed by atoms with Gasteiger partial charge in [0.25, 0.3) is 0 Å². The summed E-state index contributed by atoms with van der Waals surface area (Å²) in [6.07, 6.45) is 4.78. The van der Waals surface area contributed by atoms with Crippen LogP contribution in [0.3, 0.4) is 0 Å². The number of aryl methyl sites for hydroxylation is 2. The van der Waals surface area contributed by atoms with E-state index in [9.17, 15) is 4.79 Å². The summed E-state index contributed by atoms with van der Waals surface area (Å²) < 4.78 is 0.735. The SMILES string of the molecule is C=CCN(Cc1ccc(Cl)s1)C(=O)CCc1c(C)nc(SC)nc1C. The minimum absolute atomic E-state index is 0.0946. The zero-order valence-electron chi connectivity index (χ0n) is 14.7. The molecule has 0 fully saturated rings. The molecule has 7 heteroatoms. The molecule has 2 aromatic heterocycles. The van der Waals surface area contributed by atoms with Crippen LogP contribution in [0.15, 0.2) is 29.9 Å². The molecule has 0 aromatic carbocycles. The van der Waals surface area contributed by atoms with E-state index in [1.165, 1.54) is 23.1 Å². The molecule has 0 aliphatic carbocycles. The third-order valence-electron chi connectivity index (χ3n) is 3.85. The van der Waals surface area contributed by atoms with Crippen molar-refractivity contribution < 1.29 is 4.79 Å². The first-order valence-corrected chi connectivity index (χ1v) is 10.4. The molecule has 0 atom stereocenters. The number of amides is 1. The van der Waals surface area contributed by atoms with Gasteiger partial charge in [-0.25, -0.2) is 9.97 Å². The lowest BCUT2D eigenvalue weighted by atomic mass is 10.1. The summed E-state index contributed by atoms with van der Waals surface area (Å²) in [7, 11) is 0. The molecule has 2 rings (SSSR count). The quantitative estimate of drug-likeness (QED) is 0.370. The Bertz CT molecular complexity index is 738. The van der Waals surface area contributed by atoms with Gasteiger partial charge in [0, 0.05) is 29.2 Å². The van der Waals surface area contributed by atoms with Crippen LogP contribution in [0.4, 0.5) is 0 Å². The average Bonchev–Trinajstić information content (AvgIpc) is 2.98. The summed E-state index contributed by atoms with van der Waals surface area (Å²) in [5.41, 5.74) is 2.96. The number of nitrogens with zero attached hydrogens (tertiary/aromatic N) is 3. The molecule has 0 saturated heterocycles. The second kappa shape index (κ2) is 9.36. The number of thioether (sulfide) groups is 1. The Kier molecular flexibility index (Phi) is 7.47. The van der Waals surface area contributed by atoms with Gasteiger partial charge in [0.15, 0.2) is 5.16 Å². The first-order chi connectivity index (χ1) is 11.9. The van der Waals surface area contributed by atoms with Crippen LogP contribution >= 0.6 is 34.7 Å². The number of carbonyl (C=O) groups is 1. The second-order valence-corrected chi connectivity index (χ2v) is 8.20. The molecule has 0 N–H and O–H groups in total. The Balaban J connectivity index is 2.05. The standard InChI is InChI=1S/C18H22ClN3OS2/c1-5-10-22(11-14-6-8-16(19)25-14)17(23)9-7-15-12(2)20-18(24-4)21-13(15)3/h5-6,8H,1,7,9-11H2,2-4H3. The van der Waals surface area contributed by atoms with Crippen LogP contribution in [0.5, 0.6) is 0 Å². The number of aromatic nitrogens is 2. The summed E-state index contributed by atoms with van der Waals surface area (Å²) >= 11 is 9.01. The topological polar surface area (TPSA) is 46.1 Å². The first kappa shape index (κ1) is 19.9. The molecule has 134 valence electrons. The minimum atomic E-state index is 0.0946. The maximum Gasteiger partial charge on any atom is 0.223 e. The molecule has 2 aromatic rings. The van der Waals surface area contributed by atoms with Gasteiger partial charge in [-0.3, -0.25) is 4.79 Å². The Hall–Kier alpha value is -1.37. The minimum Gasteiger partial charge on any atom is -0.334 e. The van der Waals surface area contributed by atoms with Gasteiger partial charge in [-0.2, -0.15) is 0 Å². The third-order valence-corrected chi connectivity index (χ3v) is 5.61. The largest absolute Gasteiger partial charge is 0.334 e. The van der Waals surface area contributed by atoms with Crippen LogP contribution in [0.25, 0.3) is 0 Å². The maximum absolute atomic E-state index is 12.7. The van der Waals surface area contributed by atoms with Crippen molar-refractivity contribution >= 4 is 40.6 Å². The number of hydrogen-bond donors (Lipinski definition) is 0. The molecular formula is C18H22ClN3OS2. The van der Waals surface area contributed by atoms with Crippen LogP contribution in [0.1, 0.15) is 28.2 Å². The van der Waals surface area contributed by atoms with Crippen molar-refractivity contribution in [1.82, 2.24) is 14.9 Å². The summed E-state index contributed by atoms with van der Waals surface area (Å²) in [6, 6.07) is 3.81. The van der Waals surface area contributed by atoms with E-state index >= 15 is 0 Å². The van der Waals surface area contributed by atoms with Crippen LogP contribution in [-0.2, 0) is 17.8 Å². The van der Waals surface area contributed by atoms with Gasteiger partial charge in [0.2, 0.25) is 5.91 Å². The molecule has 1 amide bonds. The highest BCUT2D eigenvalue weighted by Crippen LogP contribution is 2.23. The summed E-state index contributed by atoms with van der Waals surface area (Å²) in [5.74, 6) is 0.0946. The van der Waals surface area contributed by atoms with Crippen molar-refractivity contribution in [2.45, 2.75) is 38.4 Å². The van der Waals surface area contributed by atoms with Crippen molar-refractivity contribution in [3.8, 4) is 0 Å². The Morgan fingerprint density at radius 1 is 1.36 bits per heavy atom. The molecule has 4 nitrogen and oxygen atoms in total. The van der Waals surface area contributed by atoms with Gasteiger partial charge in [-0.1, -0.05) is 29.4 Å². The molecule has 0 radical (unpaired) electrons. The van der Waals surface area contributed by atoms with Crippen LogP contribution in [-0.4, -0.2) is 33.6 Å². The highest BCUT2D eigenvalue weighted by atomic mass is 35.5. The molecule has 0 unspecified atom stereocenters. The van der Waals surface area contributed by atoms with Gasteiger partial charge >= 0.3 is 0 Å². The van der Waals surface area contributed by atoms with Gasteiger partial charge in [-0.15, -0.1) is 17.9 Å². The van der Waals surface area contributed by atoms with Gasteiger partial charge < -0.3 is 4.90 Å². The molecule has 0 aliphatic heterocycles. The van der Waals surface area contributed by atoms with Crippen molar-refractivity contribution in [2.75, 3.05) is 12.8 Å². The molecule has 0 bridgehead atoms. The van der Waals surface area contributed by atoms with Gasteiger partial charge in [0.05, 0.1) is 10.9 Å². The molecule has 2 heterocycles.